The summed E-state index contributed by atoms with van der Waals surface area (Å²) in [7, 11) is 0. The first kappa shape index (κ1) is 11.6. The van der Waals surface area contributed by atoms with Crippen molar-refractivity contribution in [3.8, 4) is 0 Å². The van der Waals surface area contributed by atoms with Crippen LogP contribution in [0.3, 0.4) is 0 Å². The summed E-state index contributed by atoms with van der Waals surface area (Å²) in [5.74, 6) is -1.26. The van der Waals surface area contributed by atoms with Crippen molar-refractivity contribution in [2.75, 3.05) is 0 Å². The predicted molar refractivity (Wildman–Crippen MR) is 63.8 cm³/mol. The molecule has 0 unspecified atom stereocenters. The van der Waals surface area contributed by atoms with Crippen LogP contribution in [-0.2, 0) is 4.79 Å². The summed E-state index contributed by atoms with van der Waals surface area (Å²) in [5.41, 5.74) is -0.0307. The zero-order chi connectivity index (χ0) is 11.9. The molecule has 0 bridgehead atoms. The molecule has 1 fully saturated rings. The Balaban J connectivity index is 2.12. The Labute approximate surface area is 105 Å². The van der Waals surface area contributed by atoms with Gasteiger partial charge in [0.2, 0.25) is 0 Å². The molecule has 1 aromatic rings. The first-order chi connectivity index (χ1) is 7.44. The number of rotatable bonds is 3. The van der Waals surface area contributed by atoms with Gasteiger partial charge in [0, 0.05) is 0 Å². The van der Waals surface area contributed by atoms with Crippen molar-refractivity contribution in [1.29, 1.82) is 0 Å². The molecule has 0 aromatic carbocycles. The van der Waals surface area contributed by atoms with E-state index >= 15 is 0 Å². The van der Waals surface area contributed by atoms with E-state index in [1.807, 2.05) is 6.92 Å². The van der Waals surface area contributed by atoms with E-state index in [0.29, 0.717) is 17.7 Å². The van der Waals surface area contributed by atoms with E-state index in [0.717, 1.165) is 9.35 Å². The molecule has 2 rings (SSSR count). The molecule has 6 heteroatoms. The van der Waals surface area contributed by atoms with E-state index in [9.17, 15) is 9.59 Å². The van der Waals surface area contributed by atoms with Crippen LogP contribution < -0.4 is 5.32 Å². The number of hydrogen-bond acceptors (Lipinski definition) is 3. The molecule has 1 amide bonds. The molecule has 0 radical (unpaired) electrons. The van der Waals surface area contributed by atoms with Crippen LogP contribution in [0.4, 0.5) is 0 Å². The van der Waals surface area contributed by atoms with Crippen molar-refractivity contribution in [3.63, 3.8) is 0 Å². The van der Waals surface area contributed by atoms with Gasteiger partial charge in [-0.2, -0.15) is 0 Å². The van der Waals surface area contributed by atoms with Crippen LogP contribution in [0.25, 0.3) is 0 Å². The number of aryl methyl sites for hydroxylation is 1. The lowest BCUT2D eigenvalue weighted by Gasteiger charge is -2.10. The van der Waals surface area contributed by atoms with Crippen LogP contribution in [-0.4, -0.2) is 22.5 Å². The fourth-order valence-electron chi connectivity index (χ4n) is 1.37. The number of nitrogens with one attached hydrogen (secondary N) is 1. The number of thiophene rings is 1. The predicted octanol–water partition coefficient (Wildman–Crippen LogP) is 2.17. The van der Waals surface area contributed by atoms with Crippen molar-refractivity contribution < 1.29 is 14.7 Å². The zero-order valence-electron chi connectivity index (χ0n) is 8.54. The lowest BCUT2D eigenvalue weighted by molar-refractivity contribution is -0.140. The fraction of sp³-hybridized carbons (Fsp3) is 0.400. The van der Waals surface area contributed by atoms with Gasteiger partial charge in [0.25, 0.3) is 5.91 Å². The van der Waals surface area contributed by atoms with Gasteiger partial charge in [0.05, 0.1) is 8.66 Å². The maximum atomic E-state index is 11.8. The number of amides is 1. The second-order valence-electron chi connectivity index (χ2n) is 3.91. The Morgan fingerprint density at radius 3 is 2.56 bits per heavy atom. The normalized spacial score (nSPS) is 16.9. The molecule has 0 spiro atoms. The van der Waals surface area contributed by atoms with Gasteiger partial charge in [-0.05, 0) is 47.3 Å². The minimum Gasteiger partial charge on any atom is -0.480 e. The van der Waals surface area contributed by atoms with Gasteiger partial charge in [-0.1, -0.05) is 0 Å². The summed E-state index contributed by atoms with van der Waals surface area (Å²) in [6.07, 6.45) is 1.03. The van der Waals surface area contributed by atoms with Crippen molar-refractivity contribution in [2.24, 2.45) is 0 Å². The van der Waals surface area contributed by atoms with Gasteiger partial charge in [0.1, 0.15) is 5.54 Å². The summed E-state index contributed by atoms with van der Waals surface area (Å²) in [6.45, 7) is 1.89. The molecule has 1 heterocycles. The molecule has 0 atom stereocenters. The Kier molecular flexibility index (Phi) is 2.79. The van der Waals surface area contributed by atoms with Crippen molar-refractivity contribution >= 4 is 39.1 Å². The smallest absolute Gasteiger partial charge is 0.329 e. The summed E-state index contributed by atoms with van der Waals surface area (Å²) in [4.78, 5) is 23.2. The van der Waals surface area contributed by atoms with Gasteiger partial charge < -0.3 is 10.4 Å². The maximum absolute atomic E-state index is 11.8. The third-order valence-corrected chi connectivity index (χ3v) is 4.73. The van der Waals surface area contributed by atoms with Gasteiger partial charge >= 0.3 is 5.97 Å². The van der Waals surface area contributed by atoms with Gasteiger partial charge in [-0.15, -0.1) is 11.3 Å². The summed E-state index contributed by atoms with van der Waals surface area (Å²) < 4.78 is 0.901. The number of carbonyl (C=O) groups excluding carboxylic acids is 1. The van der Waals surface area contributed by atoms with Crippen molar-refractivity contribution in [1.82, 2.24) is 5.32 Å². The summed E-state index contributed by atoms with van der Waals surface area (Å²) >= 11 is 4.65. The summed E-state index contributed by atoms with van der Waals surface area (Å²) in [6, 6.07) is 1.75. The van der Waals surface area contributed by atoms with Crippen LogP contribution in [0.2, 0.25) is 0 Å². The van der Waals surface area contributed by atoms with Crippen molar-refractivity contribution in [2.45, 2.75) is 25.3 Å². The lowest BCUT2D eigenvalue weighted by Crippen LogP contribution is -2.42. The number of carboxylic acids is 1. The SMILES string of the molecule is Cc1cc(C(=O)NC2(C(=O)O)CC2)sc1Br. The Morgan fingerprint density at radius 2 is 2.19 bits per heavy atom. The quantitative estimate of drug-likeness (QED) is 0.899. The highest BCUT2D eigenvalue weighted by molar-refractivity contribution is 9.11. The van der Waals surface area contributed by atoms with E-state index in [1.54, 1.807) is 6.07 Å². The highest BCUT2D eigenvalue weighted by Gasteiger charge is 2.51. The highest BCUT2D eigenvalue weighted by Crippen LogP contribution is 2.36. The minimum atomic E-state index is -1.01. The zero-order valence-corrected chi connectivity index (χ0v) is 10.9. The molecular weight excluding hydrogens is 294 g/mol. The first-order valence-electron chi connectivity index (χ1n) is 4.76. The molecule has 4 nitrogen and oxygen atoms in total. The standard InChI is InChI=1S/C10H10BrNO3S/c1-5-4-6(16-7(5)11)8(13)12-10(2-3-10)9(14)15/h4H,2-3H2,1H3,(H,12,13)(H,14,15). The van der Waals surface area contributed by atoms with Crippen molar-refractivity contribution in [3.05, 3.63) is 20.3 Å². The Bertz CT molecular complexity index is 445. The molecule has 1 aromatic heterocycles. The average Bonchev–Trinajstić information content (AvgIpc) is 2.90. The molecule has 0 saturated heterocycles. The number of carbonyl (C=O) groups is 2. The van der Waals surface area contributed by atoms with E-state index in [2.05, 4.69) is 21.2 Å². The average molecular weight is 304 g/mol. The van der Waals surface area contributed by atoms with Crippen LogP contribution in [0, 0.1) is 6.92 Å². The highest BCUT2D eigenvalue weighted by atomic mass is 79.9. The van der Waals surface area contributed by atoms with E-state index in [4.69, 9.17) is 5.11 Å². The van der Waals surface area contributed by atoms with Gasteiger partial charge in [-0.25, -0.2) is 4.79 Å². The van der Waals surface area contributed by atoms with Gasteiger partial charge in [0.15, 0.2) is 0 Å². The van der Waals surface area contributed by atoms with Crippen LogP contribution in [0.5, 0.6) is 0 Å². The molecule has 1 saturated carbocycles. The fourth-order valence-corrected chi connectivity index (χ4v) is 2.80. The molecule has 86 valence electrons. The molecule has 1 aliphatic carbocycles. The Morgan fingerprint density at radius 1 is 1.56 bits per heavy atom. The number of hydrogen-bond donors (Lipinski definition) is 2. The number of carboxylic acid groups (broad SMARTS) is 1. The maximum Gasteiger partial charge on any atom is 0.329 e. The molecule has 0 aliphatic heterocycles. The minimum absolute atomic E-state index is 0.307. The van der Waals surface area contributed by atoms with Crippen LogP contribution in [0.1, 0.15) is 28.1 Å². The Hall–Kier alpha value is -0.880. The summed E-state index contributed by atoms with van der Waals surface area (Å²) in [5, 5.41) is 11.5. The van der Waals surface area contributed by atoms with E-state index in [-0.39, 0.29) is 5.91 Å². The first-order valence-corrected chi connectivity index (χ1v) is 6.37. The number of aliphatic carboxylic acids is 1. The third-order valence-electron chi connectivity index (χ3n) is 2.59. The molecule has 16 heavy (non-hydrogen) atoms. The number of halogens is 1. The third kappa shape index (κ3) is 1.99. The molecule has 2 N–H and O–H groups in total. The van der Waals surface area contributed by atoms with Gasteiger partial charge in [-0.3, -0.25) is 4.79 Å². The van der Waals surface area contributed by atoms with E-state index < -0.39 is 11.5 Å². The molecule has 1 aliphatic rings. The second-order valence-corrected chi connectivity index (χ2v) is 6.28. The van der Waals surface area contributed by atoms with Crippen LogP contribution >= 0.6 is 27.3 Å². The monoisotopic (exact) mass is 303 g/mol. The van der Waals surface area contributed by atoms with Crippen LogP contribution in [0.15, 0.2) is 9.85 Å². The molecular formula is C10H10BrNO3S. The van der Waals surface area contributed by atoms with E-state index in [1.165, 1.54) is 11.3 Å². The topological polar surface area (TPSA) is 66.4 Å². The largest absolute Gasteiger partial charge is 0.480 e. The second kappa shape index (κ2) is 3.85. The lowest BCUT2D eigenvalue weighted by atomic mass is 10.2.